The van der Waals surface area contributed by atoms with Crippen LogP contribution in [-0.4, -0.2) is 34.3 Å². The second kappa shape index (κ2) is 6.25. The van der Waals surface area contributed by atoms with Gasteiger partial charge in [0.05, 0.1) is 0 Å². The van der Waals surface area contributed by atoms with Crippen LogP contribution in [0.2, 0.25) is 0 Å². The first-order chi connectivity index (χ1) is 13.0. The zero-order valence-corrected chi connectivity index (χ0v) is 17.4. The van der Waals surface area contributed by atoms with Crippen molar-refractivity contribution in [2.75, 3.05) is 0 Å². The van der Waals surface area contributed by atoms with Crippen LogP contribution >= 0.6 is 0 Å². The van der Waals surface area contributed by atoms with Crippen LogP contribution in [0.4, 0.5) is 0 Å². The van der Waals surface area contributed by atoms with Crippen molar-refractivity contribution in [1.82, 2.24) is 0 Å². The van der Waals surface area contributed by atoms with E-state index in [-0.39, 0.29) is 40.9 Å². The Balaban J connectivity index is 1.75. The summed E-state index contributed by atoms with van der Waals surface area (Å²) < 4.78 is 5.72. The predicted molar refractivity (Wildman–Crippen MR) is 103 cm³/mol. The summed E-state index contributed by atoms with van der Waals surface area (Å²) in [6.07, 6.45) is 6.48. The number of aliphatic hydroxyl groups is 1. The third-order valence-corrected chi connectivity index (χ3v) is 9.00. The lowest BCUT2D eigenvalue weighted by Crippen LogP contribution is -2.58. The Morgan fingerprint density at radius 3 is 2.43 bits per heavy atom. The van der Waals surface area contributed by atoms with Crippen molar-refractivity contribution in [2.45, 2.75) is 84.3 Å². The molecule has 5 nitrogen and oxygen atoms in total. The van der Waals surface area contributed by atoms with E-state index in [0.29, 0.717) is 25.2 Å². The van der Waals surface area contributed by atoms with Gasteiger partial charge in [-0.05, 0) is 80.3 Å². The molecule has 0 amide bonds. The largest absolute Gasteiger partial charge is 0.458 e. The molecular formula is C23H32O5. The van der Waals surface area contributed by atoms with Gasteiger partial charge in [0.25, 0.3) is 0 Å². The van der Waals surface area contributed by atoms with Gasteiger partial charge in [0.15, 0.2) is 11.6 Å². The van der Waals surface area contributed by atoms with Crippen LogP contribution < -0.4 is 0 Å². The molecule has 4 rings (SSSR count). The molecule has 0 bridgehead atoms. The van der Waals surface area contributed by atoms with E-state index in [2.05, 4.69) is 13.8 Å². The van der Waals surface area contributed by atoms with Gasteiger partial charge in [-0.25, -0.2) is 0 Å². The fraction of sp³-hybridized carbons (Fsp3) is 0.783. The van der Waals surface area contributed by atoms with Gasteiger partial charge in [-0.15, -0.1) is 0 Å². The molecule has 5 heteroatoms. The summed E-state index contributed by atoms with van der Waals surface area (Å²) in [5.41, 5.74) is -0.847. The summed E-state index contributed by atoms with van der Waals surface area (Å²) in [5.74, 6) is 0.580. The maximum Gasteiger partial charge on any atom is 0.303 e. The molecule has 0 spiro atoms. The molecule has 28 heavy (non-hydrogen) atoms. The Morgan fingerprint density at radius 2 is 1.79 bits per heavy atom. The number of ether oxygens (including phenoxy) is 1. The first kappa shape index (κ1) is 19.8. The van der Waals surface area contributed by atoms with Crippen LogP contribution in [0.25, 0.3) is 0 Å². The smallest absolute Gasteiger partial charge is 0.303 e. The molecule has 0 aliphatic heterocycles. The zero-order valence-electron chi connectivity index (χ0n) is 17.4. The number of fused-ring (bicyclic) bond motifs is 5. The topological polar surface area (TPSA) is 80.7 Å². The highest BCUT2D eigenvalue weighted by atomic mass is 16.5. The van der Waals surface area contributed by atoms with Crippen molar-refractivity contribution >= 4 is 17.5 Å². The first-order valence-corrected chi connectivity index (χ1v) is 10.7. The highest BCUT2D eigenvalue weighted by Crippen LogP contribution is 2.67. The van der Waals surface area contributed by atoms with Crippen LogP contribution in [0.5, 0.6) is 0 Å². The molecule has 0 unspecified atom stereocenters. The number of rotatable bonds is 2. The van der Waals surface area contributed by atoms with Gasteiger partial charge in [0.2, 0.25) is 0 Å². The van der Waals surface area contributed by atoms with Crippen LogP contribution in [0.15, 0.2) is 11.6 Å². The number of ketones is 2. The summed E-state index contributed by atoms with van der Waals surface area (Å²) in [5, 5.41) is 11.3. The lowest BCUT2D eigenvalue weighted by molar-refractivity contribution is -0.167. The number of Topliss-reactive ketones (excluding diaryl/α,β-unsaturated/α-hetero) is 1. The molecule has 1 N–H and O–H groups in total. The van der Waals surface area contributed by atoms with Crippen LogP contribution in [-0.2, 0) is 19.1 Å². The van der Waals surface area contributed by atoms with Gasteiger partial charge in [0.1, 0.15) is 11.7 Å². The SMILES string of the molecule is CC(=O)O[C@H]1C[C@H]2[C@@H](CC[C@]3(C)[C@@H]2CC[C@@]3(O)C(C)=O)[C@@]2(C)CCC(=O)C=C12. The van der Waals surface area contributed by atoms with E-state index < -0.39 is 11.0 Å². The average Bonchev–Trinajstić information content (AvgIpc) is 2.89. The van der Waals surface area contributed by atoms with E-state index in [0.717, 1.165) is 31.3 Å². The predicted octanol–water partition coefficient (Wildman–Crippen LogP) is 3.38. The fourth-order valence-electron chi connectivity index (χ4n) is 7.49. The molecule has 0 heterocycles. The molecule has 0 aromatic rings. The number of carbonyl (C=O) groups excluding carboxylic acids is 3. The zero-order chi connectivity index (χ0) is 20.5. The summed E-state index contributed by atoms with van der Waals surface area (Å²) >= 11 is 0. The average molecular weight is 389 g/mol. The molecule has 4 aliphatic rings. The lowest BCUT2D eigenvalue weighted by atomic mass is 9.45. The van der Waals surface area contributed by atoms with E-state index in [1.54, 1.807) is 6.08 Å². The number of hydrogen-bond donors (Lipinski definition) is 1. The normalized spacial score (nSPS) is 47.5. The molecule has 7 atom stereocenters. The van der Waals surface area contributed by atoms with Crippen molar-refractivity contribution in [3.63, 3.8) is 0 Å². The maximum atomic E-state index is 12.4. The molecule has 154 valence electrons. The molecule has 0 aromatic carbocycles. The summed E-state index contributed by atoms with van der Waals surface area (Å²) in [6, 6.07) is 0. The van der Waals surface area contributed by atoms with Crippen LogP contribution in [0.1, 0.15) is 72.6 Å². The van der Waals surface area contributed by atoms with E-state index in [1.807, 2.05) is 0 Å². The molecule has 0 radical (unpaired) electrons. The number of hydrogen-bond acceptors (Lipinski definition) is 5. The third-order valence-electron chi connectivity index (χ3n) is 9.00. The second-order valence-electron chi connectivity index (χ2n) is 10.1. The Bertz CT molecular complexity index is 769. The van der Waals surface area contributed by atoms with Gasteiger partial charge in [-0.3, -0.25) is 14.4 Å². The minimum absolute atomic E-state index is 0.121. The molecule has 0 aromatic heterocycles. The van der Waals surface area contributed by atoms with Crippen molar-refractivity contribution in [3.05, 3.63) is 11.6 Å². The van der Waals surface area contributed by atoms with Crippen molar-refractivity contribution < 1.29 is 24.2 Å². The highest BCUT2D eigenvalue weighted by Gasteiger charge is 2.66. The molecular weight excluding hydrogens is 356 g/mol. The van der Waals surface area contributed by atoms with Crippen LogP contribution in [0.3, 0.4) is 0 Å². The summed E-state index contributed by atoms with van der Waals surface area (Å²) in [4.78, 5) is 36.3. The molecule has 3 saturated carbocycles. The first-order valence-electron chi connectivity index (χ1n) is 10.7. The quantitative estimate of drug-likeness (QED) is 0.734. The van der Waals surface area contributed by atoms with Gasteiger partial charge >= 0.3 is 5.97 Å². The fourth-order valence-corrected chi connectivity index (χ4v) is 7.49. The molecule has 3 fully saturated rings. The monoisotopic (exact) mass is 388 g/mol. The maximum absolute atomic E-state index is 12.4. The summed E-state index contributed by atoms with van der Waals surface area (Å²) in [6.45, 7) is 7.25. The van der Waals surface area contributed by atoms with Crippen molar-refractivity contribution in [2.24, 2.45) is 28.6 Å². The minimum atomic E-state index is -1.25. The van der Waals surface area contributed by atoms with Gasteiger partial charge < -0.3 is 9.84 Å². The van der Waals surface area contributed by atoms with Gasteiger partial charge in [-0.2, -0.15) is 0 Å². The highest BCUT2D eigenvalue weighted by molar-refractivity contribution is 5.92. The Kier molecular flexibility index (Phi) is 4.42. The minimum Gasteiger partial charge on any atom is -0.458 e. The lowest BCUT2D eigenvalue weighted by Gasteiger charge is -2.60. The number of esters is 1. The Labute approximate surface area is 166 Å². The van der Waals surface area contributed by atoms with Gasteiger partial charge in [-0.1, -0.05) is 13.8 Å². The molecule has 0 saturated heterocycles. The third kappa shape index (κ3) is 2.51. The van der Waals surface area contributed by atoms with Crippen molar-refractivity contribution in [1.29, 1.82) is 0 Å². The van der Waals surface area contributed by atoms with E-state index in [9.17, 15) is 19.5 Å². The summed E-state index contributed by atoms with van der Waals surface area (Å²) in [7, 11) is 0. The Hall–Kier alpha value is -1.49. The van der Waals surface area contributed by atoms with Crippen LogP contribution in [0, 0.1) is 28.6 Å². The van der Waals surface area contributed by atoms with E-state index >= 15 is 0 Å². The van der Waals surface area contributed by atoms with E-state index in [4.69, 9.17) is 4.74 Å². The van der Waals surface area contributed by atoms with E-state index in [1.165, 1.54) is 13.8 Å². The van der Waals surface area contributed by atoms with Crippen molar-refractivity contribution in [3.8, 4) is 0 Å². The number of carbonyl (C=O) groups is 3. The second-order valence-corrected chi connectivity index (χ2v) is 10.1. The standard InChI is InChI=1S/C23H32O5/c1-13(24)23(27)10-7-18-16-12-20(28-14(2)25)19-11-15(26)5-8-21(19,3)17(16)6-9-22(18,23)4/h11,16-18,20,27H,5-10,12H2,1-4H3/t16-,17+,18+,20-,21+,22+,23+/m0/s1. The van der Waals surface area contributed by atoms with Gasteiger partial charge in [0, 0.05) is 18.8 Å². The molecule has 4 aliphatic carbocycles. The Morgan fingerprint density at radius 1 is 1.11 bits per heavy atom.